The number of thiophene rings is 1. The molecule has 2 aromatic heterocycles. The first-order valence-corrected chi connectivity index (χ1v) is 5.69. The summed E-state index contributed by atoms with van der Waals surface area (Å²) in [4.78, 5) is 1.33. The second kappa shape index (κ2) is 4.50. The summed E-state index contributed by atoms with van der Waals surface area (Å²) < 4.78 is 1.77. The molecule has 1 unspecified atom stereocenters. The van der Waals surface area contributed by atoms with Crippen LogP contribution in [0.3, 0.4) is 0 Å². The van der Waals surface area contributed by atoms with Gasteiger partial charge in [0.05, 0.1) is 6.04 Å². The van der Waals surface area contributed by atoms with Gasteiger partial charge in [-0.1, -0.05) is 6.07 Å². The second-order valence-electron chi connectivity index (χ2n) is 3.38. The van der Waals surface area contributed by atoms with Crippen LogP contribution in [0.2, 0.25) is 0 Å². The number of rotatable bonds is 4. The lowest BCUT2D eigenvalue weighted by Gasteiger charge is -2.05. The highest BCUT2D eigenvalue weighted by Gasteiger charge is 2.09. The molecule has 0 amide bonds. The van der Waals surface area contributed by atoms with Crippen LogP contribution in [0.4, 0.5) is 0 Å². The predicted molar refractivity (Wildman–Crippen MR) is 58.4 cm³/mol. The van der Waals surface area contributed by atoms with E-state index in [4.69, 9.17) is 5.73 Å². The molecule has 0 spiro atoms. The number of tetrazole rings is 1. The molecule has 80 valence electrons. The SMILES string of the molecule is CC(N)c1nnnn1CCc1cccs1. The quantitative estimate of drug-likeness (QED) is 0.839. The van der Waals surface area contributed by atoms with Crippen LogP contribution in [0.15, 0.2) is 17.5 Å². The van der Waals surface area contributed by atoms with Crippen LogP contribution >= 0.6 is 11.3 Å². The molecule has 2 rings (SSSR count). The Bertz CT molecular complexity index is 406. The van der Waals surface area contributed by atoms with Gasteiger partial charge < -0.3 is 5.73 Å². The Morgan fingerprint density at radius 1 is 1.60 bits per heavy atom. The van der Waals surface area contributed by atoms with E-state index in [2.05, 4.69) is 27.0 Å². The molecule has 0 bridgehead atoms. The molecular weight excluding hydrogens is 210 g/mol. The predicted octanol–water partition coefficient (Wildman–Crippen LogP) is 0.997. The van der Waals surface area contributed by atoms with Gasteiger partial charge in [0.2, 0.25) is 0 Å². The third kappa shape index (κ3) is 2.40. The molecule has 0 saturated carbocycles. The minimum atomic E-state index is -0.122. The first-order valence-electron chi connectivity index (χ1n) is 4.81. The fourth-order valence-corrected chi connectivity index (χ4v) is 2.07. The maximum atomic E-state index is 5.75. The number of hydrogen-bond donors (Lipinski definition) is 1. The van der Waals surface area contributed by atoms with Gasteiger partial charge in [0, 0.05) is 17.8 Å². The third-order valence-corrected chi connectivity index (χ3v) is 3.05. The zero-order chi connectivity index (χ0) is 10.7. The minimum Gasteiger partial charge on any atom is -0.322 e. The van der Waals surface area contributed by atoms with Gasteiger partial charge >= 0.3 is 0 Å². The molecule has 0 radical (unpaired) electrons. The molecule has 0 saturated heterocycles. The monoisotopic (exact) mass is 223 g/mol. The Hall–Kier alpha value is -1.27. The molecule has 0 aliphatic rings. The molecule has 0 fully saturated rings. The van der Waals surface area contributed by atoms with E-state index in [0.29, 0.717) is 0 Å². The van der Waals surface area contributed by atoms with E-state index < -0.39 is 0 Å². The van der Waals surface area contributed by atoms with Crippen molar-refractivity contribution in [3.05, 3.63) is 28.2 Å². The summed E-state index contributed by atoms with van der Waals surface area (Å²) in [6.45, 7) is 2.66. The molecule has 2 heterocycles. The third-order valence-electron chi connectivity index (χ3n) is 2.12. The number of aromatic nitrogens is 4. The Morgan fingerprint density at radius 2 is 2.47 bits per heavy atom. The van der Waals surface area contributed by atoms with Gasteiger partial charge in [0.25, 0.3) is 0 Å². The van der Waals surface area contributed by atoms with Crippen molar-refractivity contribution in [1.29, 1.82) is 0 Å². The second-order valence-corrected chi connectivity index (χ2v) is 4.41. The minimum absolute atomic E-state index is 0.122. The molecule has 15 heavy (non-hydrogen) atoms. The highest BCUT2D eigenvalue weighted by molar-refractivity contribution is 7.09. The standard InChI is InChI=1S/C9H13N5S/c1-7(10)9-11-12-13-14(9)5-4-8-3-2-6-15-8/h2-3,6-7H,4-5,10H2,1H3. The summed E-state index contributed by atoms with van der Waals surface area (Å²) in [6, 6.07) is 4.04. The molecule has 6 heteroatoms. The van der Waals surface area contributed by atoms with Gasteiger partial charge in [-0.15, -0.1) is 16.4 Å². The van der Waals surface area contributed by atoms with E-state index in [0.717, 1.165) is 18.8 Å². The smallest absolute Gasteiger partial charge is 0.167 e. The first kappa shape index (κ1) is 10.3. The van der Waals surface area contributed by atoms with Gasteiger partial charge in [-0.25, -0.2) is 4.68 Å². The number of nitrogens with zero attached hydrogens (tertiary/aromatic N) is 4. The zero-order valence-electron chi connectivity index (χ0n) is 8.50. The topological polar surface area (TPSA) is 69.6 Å². The van der Waals surface area contributed by atoms with Crippen molar-refractivity contribution in [2.24, 2.45) is 5.73 Å². The zero-order valence-corrected chi connectivity index (χ0v) is 9.31. The molecule has 1 atom stereocenters. The lowest BCUT2D eigenvalue weighted by Crippen LogP contribution is -2.15. The molecule has 2 N–H and O–H groups in total. The van der Waals surface area contributed by atoms with Crippen molar-refractivity contribution in [3.63, 3.8) is 0 Å². The Morgan fingerprint density at radius 3 is 3.13 bits per heavy atom. The van der Waals surface area contributed by atoms with Crippen LogP contribution in [-0.2, 0) is 13.0 Å². The van der Waals surface area contributed by atoms with Crippen molar-refractivity contribution in [2.75, 3.05) is 0 Å². The first-order chi connectivity index (χ1) is 7.27. The van der Waals surface area contributed by atoms with E-state index >= 15 is 0 Å². The fourth-order valence-electron chi connectivity index (χ4n) is 1.37. The summed E-state index contributed by atoms with van der Waals surface area (Å²) in [7, 11) is 0. The molecule has 0 aromatic carbocycles. The van der Waals surface area contributed by atoms with Gasteiger partial charge in [-0.3, -0.25) is 0 Å². The van der Waals surface area contributed by atoms with Crippen LogP contribution in [-0.4, -0.2) is 20.2 Å². The van der Waals surface area contributed by atoms with Crippen molar-refractivity contribution in [2.45, 2.75) is 25.9 Å². The Balaban J connectivity index is 2.02. The Labute approximate surface area is 91.9 Å². The molecule has 0 aliphatic carbocycles. The van der Waals surface area contributed by atoms with E-state index in [1.807, 2.05) is 13.0 Å². The van der Waals surface area contributed by atoms with E-state index in [9.17, 15) is 0 Å². The van der Waals surface area contributed by atoms with Crippen LogP contribution < -0.4 is 5.73 Å². The fraction of sp³-hybridized carbons (Fsp3) is 0.444. The van der Waals surface area contributed by atoms with Crippen LogP contribution in [0.25, 0.3) is 0 Å². The lowest BCUT2D eigenvalue weighted by molar-refractivity contribution is 0.545. The summed E-state index contributed by atoms with van der Waals surface area (Å²) in [5.74, 6) is 0.742. The van der Waals surface area contributed by atoms with Gasteiger partial charge in [0.1, 0.15) is 0 Å². The summed E-state index contributed by atoms with van der Waals surface area (Å²) in [5, 5.41) is 13.5. The number of aryl methyl sites for hydroxylation is 2. The average molecular weight is 223 g/mol. The van der Waals surface area contributed by atoms with Crippen molar-refractivity contribution in [1.82, 2.24) is 20.2 Å². The number of hydrogen-bond acceptors (Lipinski definition) is 5. The van der Waals surface area contributed by atoms with Crippen LogP contribution in [0.1, 0.15) is 23.7 Å². The summed E-state index contributed by atoms with van der Waals surface area (Å²) in [6.07, 6.45) is 0.947. The van der Waals surface area contributed by atoms with Gasteiger partial charge in [-0.05, 0) is 28.8 Å². The summed E-state index contributed by atoms with van der Waals surface area (Å²) in [5.41, 5.74) is 5.75. The van der Waals surface area contributed by atoms with Crippen LogP contribution in [0.5, 0.6) is 0 Å². The van der Waals surface area contributed by atoms with Crippen LogP contribution in [0, 0.1) is 0 Å². The van der Waals surface area contributed by atoms with Crippen molar-refractivity contribution < 1.29 is 0 Å². The Kier molecular flexibility index (Phi) is 3.08. The maximum absolute atomic E-state index is 5.75. The normalized spacial score (nSPS) is 12.9. The van der Waals surface area contributed by atoms with E-state index in [-0.39, 0.29) is 6.04 Å². The number of nitrogens with two attached hydrogens (primary N) is 1. The largest absolute Gasteiger partial charge is 0.322 e. The maximum Gasteiger partial charge on any atom is 0.167 e. The van der Waals surface area contributed by atoms with E-state index in [1.54, 1.807) is 16.0 Å². The molecule has 5 nitrogen and oxygen atoms in total. The average Bonchev–Trinajstić information content (AvgIpc) is 2.86. The lowest BCUT2D eigenvalue weighted by atomic mass is 10.3. The van der Waals surface area contributed by atoms with Crippen molar-refractivity contribution in [3.8, 4) is 0 Å². The highest BCUT2D eigenvalue weighted by Crippen LogP contribution is 2.11. The van der Waals surface area contributed by atoms with Crippen molar-refractivity contribution >= 4 is 11.3 Å². The van der Waals surface area contributed by atoms with Gasteiger partial charge in [-0.2, -0.15) is 0 Å². The molecule has 0 aliphatic heterocycles. The summed E-state index contributed by atoms with van der Waals surface area (Å²) >= 11 is 1.75. The molecule has 2 aromatic rings. The van der Waals surface area contributed by atoms with Gasteiger partial charge in [0.15, 0.2) is 5.82 Å². The highest BCUT2D eigenvalue weighted by atomic mass is 32.1. The molecular formula is C9H13N5S. The van der Waals surface area contributed by atoms with E-state index in [1.165, 1.54) is 4.88 Å².